The standard InChI is InChI=1S/C17H21NO2/c1-17(2)12-19-10-15(18-17)11-20-16-8-7-13-5-3-4-6-14(13)9-16/h3-9,15,18H,10-12H2,1-2H3. The molecule has 3 nitrogen and oxygen atoms in total. The average Bonchev–Trinajstić information content (AvgIpc) is 2.44. The Morgan fingerprint density at radius 3 is 2.80 bits per heavy atom. The van der Waals surface area contributed by atoms with Gasteiger partial charge < -0.3 is 14.8 Å². The zero-order valence-electron chi connectivity index (χ0n) is 12.1. The van der Waals surface area contributed by atoms with Crippen LogP contribution in [-0.4, -0.2) is 31.4 Å². The lowest BCUT2D eigenvalue weighted by atomic mass is 10.0. The number of nitrogens with one attached hydrogen (secondary N) is 1. The third kappa shape index (κ3) is 3.11. The van der Waals surface area contributed by atoms with Gasteiger partial charge in [-0.2, -0.15) is 0 Å². The fraction of sp³-hybridized carbons (Fsp3) is 0.412. The van der Waals surface area contributed by atoms with Gasteiger partial charge in [-0.1, -0.05) is 30.3 Å². The van der Waals surface area contributed by atoms with Crippen LogP contribution in [0.3, 0.4) is 0 Å². The minimum absolute atomic E-state index is 0.0235. The zero-order chi connectivity index (χ0) is 14.0. The van der Waals surface area contributed by atoms with E-state index in [2.05, 4.69) is 43.4 Å². The fourth-order valence-electron chi connectivity index (χ4n) is 2.64. The van der Waals surface area contributed by atoms with Gasteiger partial charge in [-0.05, 0) is 36.8 Å². The predicted octanol–water partition coefficient (Wildman–Crippen LogP) is 2.99. The molecule has 1 N–H and O–H groups in total. The number of benzene rings is 2. The lowest BCUT2D eigenvalue weighted by molar-refractivity contribution is 0.000961. The van der Waals surface area contributed by atoms with Crippen LogP contribution in [0.5, 0.6) is 5.75 Å². The maximum Gasteiger partial charge on any atom is 0.120 e. The van der Waals surface area contributed by atoms with Crippen molar-refractivity contribution in [3.05, 3.63) is 42.5 Å². The highest BCUT2D eigenvalue weighted by Crippen LogP contribution is 2.21. The minimum Gasteiger partial charge on any atom is -0.492 e. The molecule has 2 aromatic rings. The van der Waals surface area contributed by atoms with Crippen molar-refractivity contribution in [2.45, 2.75) is 25.4 Å². The van der Waals surface area contributed by atoms with Crippen LogP contribution in [0.2, 0.25) is 0 Å². The molecule has 20 heavy (non-hydrogen) atoms. The van der Waals surface area contributed by atoms with Gasteiger partial charge in [0.25, 0.3) is 0 Å². The quantitative estimate of drug-likeness (QED) is 0.931. The largest absolute Gasteiger partial charge is 0.492 e. The number of morpholine rings is 1. The smallest absolute Gasteiger partial charge is 0.120 e. The summed E-state index contributed by atoms with van der Waals surface area (Å²) in [5.41, 5.74) is 0.0235. The monoisotopic (exact) mass is 271 g/mol. The Balaban J connectivity index is 1.65. The Morgan fingerprint density at radius 1 is 1.20 bits per heavy atom. The van der Waals surface area contributed by atoms with Crippen molar-refractivity contribution >= 4 is 10.8 Å². The molecular weight excluding hydrogens is 250 g/mol. The van der Waals surface area contributed by atoms with Gasteiger partial charge in [0.1, 0.15) is 12.4 Å². The average molecular weight is 271 g/mol. The SMILES string of the molecule is CC1(C)COCC(COc2ccc3ccccc3c2)N1. The second-order valence-electron chi connectivity index (χ2n) is 6.06. The summed E-state index contributed by atoms with van der Waals surface area (Å²) in [6.45, 7) is 6.38. The maximum atomic E-state index is 5.90. The van der Waals surface area contributed by atoms with E-state index in [4.69, 9.17) is 9.47 Å². The molecule has 0 spiro atoms. The summed E-state index contributed by atoms with van der Waals surface area (Å²) in [7, 11) is 0. The number of rotatable bonds is 3. The number of hydrogen-bond acceptors (Lipinski definition) is 3. The Kier molecular flexibility index (Phi) is 3.64. The first-order chi connectivity index (χ1) is 9.62. The van der Waals surface area contributed by atoms with Gasteiger partial charge in [0.2, 0.25) is 0 Å². The topological polar surface area (TPSA) is 30.5 Å². The molecule has 0 aromatic heterocycles. The summed E-state index contributed by atoms with van der Waals surface area (Å²) in [5.74, 6) is 0.911. The van der Waals surface area contributed by atoms with E-state index in [0.29, 0.717) is 13.2 Å². The van der Waals surface area contributed by atoms with Crippen LogP contribution >= 0.6 is 0 Å². The van der Waals surface area contributed by atoms with E-state index in [1.807, 2.05) is 18.2 Å². The Bertz CT molecular complexity index is 594. The van der Waals surface area contributed by atoms with Crippen LogP contribution in [0.4, 0.5) is 0 Å². The molecule has 1 fully saturated rings. The van der Waals surface area contributed by atoms with Crippen molar-refractivity contribution in [3.8, 4) is 5.75 Å². The molecule has 0 amide bonds. The van der Waals surface area contributed by atoms with Crippen molar-refractivity contribution in [1.29, 1.82) is 0 Å². The molecule has 0 aliphatic carbocycles. The van der Waals surface area contributed by atoms with Crippen LogP contribution in [-0.2, 0) is 4.74 Å². The molecule has 1 saturated heterocycles. The van der Waals surface area contributed by atoms with Crippen molar-refractivity contribution in [2.24, 2.45) is 0 Å². The van der Waals surface area contributed by atoms with E-state index in [1.165, 1.54) is 10.8 Å². The molecular formula is C17H21NO2. The van der Waals surface area contributed by atoms with Crippen LogP contribution in [0.1, 0.15) is 13.8 Å². The number of ether oxygens (including phenoxy) is 2. The van der Waals surface area contributed by atoms with E-state index in [1.54, 1.807) is 0 Å². The minimum atomic E-state index is 0.0235. The lowest BCUT2D eigenvalue weighted by Gasteiger charge is -2.36. The Morgan fingerprint density at radius 2 is 2.00 bits per heavy atom. The summed E-state index contributed by atoms with van der Waals surface area (Å²) < 4.78 is 11.5. The first-order valence-corrected chi connectivity index (χ1v) is 7.09. The summed E-state index contributed by atoms with van der Waals surface area (Å²) >= 11 is 0. The lowest BCUT2D eigenvalue weighted by Crippen LogP contribution is -2.57. The van der Waals surface area contributed by atoms with Gasteiger partial charge in [-0.25, -0.2) is 0 Å². The van der Waals surface area contributed by atoms with Gasteiger partial charge >= 0.3 is 0 Å². The normalized spacial score (nSPS) is 21.8. The highest BCUT2D eigenvalue weighted by Gasteiger charge is 2.27. The zero-order valence-corrected chi connectivity index (χ0v) is 12.1. The van der Waals surface area contributed by atoms with E-state index >= 15 is 0 Å². The predicted molar refractivity (Wildman–Crippen MR) is 81.3 cm³/mol. The first-order valence-electron chi connectivity index (χ1n) is 7.09. The van der Waals surface area contributed by atoms with Crippen LogP contribution in [0.15, 0.2) is 42.5 Å². The molecule has 106 valence electrons. The van der Waals surface area contributed by atoms with Gasteiger partial charge in [0.05, 0.1) is 19.3 Å². The fourth-order valence-corrected chi connectivity index (χ4v) is 2.64. The van der Waals surface area contributed by atoms with Gasteiger partial charge in [0.15, 0.2) is 0 Å². The second-order valence-corrected chi connectivity index (χ2v) is 6.06. The Hall–Kier alpha value is -1.58. The number of hydrogen-bond donors (Lipinski definition) is 1. The summed E-state index contributed by atoms with van der Waals surface area (Å²) in [4.78, 5) is 0. The molecule has 2 aromatic carbocycles. The molecule has 1 aliphatic rings. The molecule has 3 rings (SSSR count). The molecule has 0 bridgehead atoms. The highest BCUT2D eigenvalue weighted by molar-refractivity contribution is 5.83. The molecule has 1 atom stereocenters. The maximum absolute atomic E-state index is 5.90. The molecule has 1 unspecified atom stereocenters. The van der Waals surface area contributed by atoms with Gasteiger partial charge in [-0.15, -0.1) is 0 Å². The van der Waals surface area contributed by atoms with Crippen LogP contribution in [0, 0.1) is 0 Å². The highest BCUT2D eigenvalue weighted by atomic mass is 16.5. The first kappa shape index (κ1) is 13.4. The van der Waals surface area contributed by atoms with E-state index in [9.17, 15) is 0 Å². The van der Waals surface area contributed by atoms with E-state index in [0.717, 1.165) is 12.4 Å². The molecule has 1 aliphatic heterocycles. The van der Waals surface area contributed by atoms with Crippen molar-refractivity contribution < 1.29 is 9.47 Å². The van der Waals surface area contributed by atoms with Crippen molar-refractivity contribution in [3.63, 3.8) is 0 Å². The van der Waals surface area contributed by atoms with Crippen LogP contribution < -0.4 is 10.1 Å². The molecule has 3 heteroatoms. The summed E-state index contributed by atoms with van der Waals surface area (Å²) in [5, 5.41) is 5.99. The summed E-state index contributed by atoms with van der Waals surface area (Å²) in [6, 6.07) is 14.8. The second kappa shape index (κ2) is 5.43. The summed E-state index contributed by atoms with van der Waals surface area (Å²) in [6.07, 6.45) is 0. The van der Waals surface area contributed by atoms with Crippen molar-refractivity contribution in [1.82, 2.24) is 5.32 Å². The molecule has 1 heterocycles. The van der Waals surface area contributed by atoms with Gasteiger partial charge in [-0.3, -0.25) is 0 Å². The van der Waals surface area contributed by atoms with Gasteiger partial charge in [0, 0.05) is 5.54 Å². The van der Waals surface area contributed by atoms with E-state index < -0.39 is 0 Å². The Labute approximate surface area is 119 Å². The third-order valence-corrected chi connectivity index (χ3v) is 3.55. The molecule has 0 radical (unpaired) electrons. The van der Waals surface area contributed by atoms with Crippen molar-refractivity contribution in [2.75, 3.05) is 19.8 Å². The van der Waals surface area contributed by atoms with Crippen LogP contribution in [0.25, 0.3) is 10.8 Å². The number of fused-ring (bicyclic) bond motifs is 1. The van der Waals surface area contributed by atoms with E-state index in [-0.39, 0.29) is 11.6 Å². The molecule has 0 saturated carbocycles. The third-order valence-electron chi connectivity index (χ3n) is 3.55.